The van der Waals surface area contributed by atoms with E-state index in [0.29, 0.717) is 11.6 Å². The Bertz CT molecular complexity index is 596. The fraction of sp³-hybridized carbons (Fsp3) is 0.267. The van der Waals surface area contributed by atoms with Gasteiger partial charge in [-0.25, -0.2) is 4.98 Å². The van der Waals surface area contributed by atoms with E-state index in [4.69, 9.17) is 17.3 Å². The van der Waals surface area contributed by atoms with E-state index in [1.54, 1.807) is 6.20 Å². The van der Waals surface area contributed by atoms with Crippen LogP contribution < -0.4 is 10.6 Å². The Kier molecular flexibility index (Phi) is 4.08. The molecule has 0 aliphatic heterocycles. The molecule has 0 saturated heterocycles. The standard InChI is InChI=1S/C15H18ClN3/c1-10-4-5-14(11(2)6-10)19(3)15-7-12(8-17)13(16)9-18-15/h4-7,9H,8,17H2,1-3H3. The zero-order valence-electron chi connectivity index (χ0n) is 11.4. The summed E-state index contributed by atoms with van der Waals surface area (Å²) in [4.78, 5) is 6.41. The molecule has 0 bridgehead atoms. The van der Waals surface area contributed by atoms with Crippen molar-refractivity contribution in [2.45, 2.75) is 20.4 Å². The number of benzene rings is 1. The Morgan fingerprint density at radius 3 is 2.63 bits per heavy atom. The molecule has 2 aromatic rings. The molecule has 0 spiro atoms. The lowest BCUT2D eigenvalue weighted by Crippen LogP contribution is -2.13. The summed E-state index contributed by atoms with van der Waals surface area (Å²) < 4.78 is 0. The third kappa shape index (κ3) is 2.88. The molecular weight excluding hydrogens is 258 g/mol. The molecule has 3 nitrogen and oxygen atoms in total. The maximum Gasteiger partial charge on any atom is 0.133 e. The molecule has 1 aromatic carbocycles. The molecule has 0 aliphatic rings. The quantitative estimate of drug-likeness (QED) is 0.931. The summed E-state index contributed by atoms with van der Waals surface area (Å²) in [6.45, 7) is 4.59. The molecule has 1 heterocycles. The minimum Gasteiger partial charge on any atom is -0.329 e. The van der Waals surface area contributed by atoms with Gasteiger partial charge in [-0.05, 0) is 37.1 Å². The fourth-order valence-electron chi connectivity index (χ4n) is 2.11. The van der Waals surface area contributed by atoms with E-state index in [0.717, 1.165) is 17.1 Å². The third-order valence-corrected chi connectivity index (χ3v) is 3.54. The number of pyridine rings is 1. The highest BCUT2D eigenvalue weighted by Crippen LogP contribution is 2.28. The van der Waals surface area contributed by atoms with E-state index in [-0.39, 0.29) is 0 Å². The first kappa shape index (κ1) is 13.8. The van der Waals surface area contributed by atoms with Gasteiger partial charge in [0.1, 0.15) is 5.82 Å². The molecule has 0 fully saturated rings. The Balaban J connectivity index is 2.40. The first-order valence-electron chi connectivity index (χ1n) is 6.18. The van der Waals surface area contributed by atoms with E-state index >= 15 is 0 Å². The van der Waals surface area contributed by atoms with E-state index in [9.17, 15) is 0 Å². The van der Waals surface area contributed by atoms with Gasteiger partial charge in [0, 0.05) is 25.5 Å². The Hall–Kier alpha value is -1.58. The summed E-state index contributed by atoms with van der Waals surface area (Å²) >= 11 is 6.04. The molecule has 1 aromatic heterocycles. The van der Waals surface area contributed by atoms with Crippen LogP contribution in [-0.2, 0) is 6.54 Å². The molecule has 0 aliphatic carbocycles. The van der Waals surface area contributed by atoms with Gasteiger partial charge >= 0.3 is 0 Å². The van der Waals surface area contributed by atoms with E-state index in [1.807, 2.05) is 18.0 Å². The van der Waals surface area contributed by atoms with Crippen molar-refractivity contribution in [1.29, 1.82) is 0 Å². The van der Waals surface area contributed by atoms with Gasteiger partial charge in [0.15, 0.2) is 0 Å². The van der Waals surface area contributed by atoms with E-state index in [2.05, 4.69) is 37.0 Å². The van der Waals surface area contributed by atoms with Gasteiger partial charge in [0.2, 0.25) is 0 Å². The Morgan fingerprint density at radius 1 is 1.26 bits per heavy atom. The third-order valence-electron chi connectivity index (χ3n) is 3.20. The SMILES string of the molecule is Cc1ccc(N(C)c2cc(CN)c(Cl)cn2)c(C)c1. The van der Waals surface area contributed by atoms with Crippen molar-refractivity contribution in [1.82, 2.24) is 4.98 Å². The fourth-order valence-corrected chi connectivity index (χ4v) is 2.29. The van der Waals surface area contributed by atoms with Crippen molar-refractivity contribution in [3.8, 4) is 0 Å². The summed E-state index contributed by atoms with van der Waals surface area (Å²) in [5, 5.41) is 0.611. The molecular formula is C15H18ClN3. The van der Waals surface area contributed by atoms with Crippen LogP contribution in [0.4, 0.5) is 11.5 Å². The van der Waals surface area contributed by atoms with Crippen molar-refractivity contribution in [2.24, 2.45) is 5.73 Å². The lowest BCUT2D eigenvalue weighted by molar-refractivity contribution is 1.04. The van der Waals surface area contributed by atoms with Crippen LogP contribution in [0.25, 0.3) is 0 Å². The molecule has 0 amide bonds. The Morgan fingerprint density at radius 2 is 2.00 bits per heavy atom. The second-order valence-electron chi connectivity index (χ2n) is 4.69. The van der Waals surface area contributed by atoms with Gasteiger partial charge < -0.3 is 10.6 Å². The molecule has 4 heteroatoms. The van der Waals surface area contributed by atoms with E-state index in [1.165, 1.54) is 11.1 Å². The maximum absolute atomic E-state index is 6.04. The van der Waals surface area contributed by atoms with Crippen molar-refractivity contribution < 1.29 is 0 Å². The predicted molar refractivity (Wildman–Crippen MR) is 81.1 cm³/mol. The number of hydrogen-bond acceptors (Lipinski definition) is 3. The molecule has 100 valence electrons. The monoisotopic (exact) mass is 275 g/mol. The first-order valence-corrected chi connectivity index (χ1v) is 6.56. The van der Waals surface area contributed by atoms with Crippen molar-refractivity contribution >= 4 is 23.1 Å². The zero-order valence-corrected chi connectivity index (χ0v) is 12.2. The molecule has 19 heavy (non-hydrogen) atoms. The van der Waals surface area contributed by atoms with Gasteiger partial charge in [0.25, 0.3) is 0 Å². The second kappa shape index (κ2) is 5.59. The molecule has 0 saturated carbocycles. The van der Waals surface area contributed by atoms with Crippen LogP contribution >= 0.6 is 11.6 Å². The average Bonchev–Trinajstić information content (AvgIpc) is 2.38. The number of halogens is 1. The number of rotatable bonds is 3. The number of aryl methyl sites for hydroxylation is 2. The lowest BCUT2D eigenvalue weighted by Gasteiger charge is -2.21. The van der Waals surface area contributed by atoms with Crippen molar-refractivity contribution in [3.63, 3.8) is 0 Å². The van der Waals surface area contributed by atoms with Crippen LogP contribution in [0.1, 0.15) is 16.7 Å². The molecule has 0 atom stereocenters. The smallest absolute Gasteiger partial charge is 0.133 e. The Labute approximate surface area is 119 Å². The maximum atomic E-state index is 6.04. The molecule has 2 rings (SSSR count). The van der Waals surface area contributed by atoms with Gasteiger partial charge in [0.05, 0.1) is 5.02 Å². The summed E-state index contributed by atoms with van der Waals surface area (Å²) in [6.07, 6.45) is 1.65. The highest BCUT2D eigenvalue weighted by atomic mass is 35.5. The highest BCUT2D eigenvalue weighted by Gasteiger charge is 2.10. The van der Waals surface area contributed by atoms with Crippen LogP contribution in [0.5, 0.6) is 0 Å². The predicted octanol–water partition coefficient (Wildman–Crippen LogP) is 3.58. The highest BCUT2D eigenvalue weighted by molar-refractivity contribution is 6.31. The van der Waals surface area contributed by atoms with Gasteiger partial charge in [-0.3, -0.25) is 0 Å². The van der Waals surface area contributed by atoms with Crippen LogP contribution in [0.2, 0.25) is 5.02 Å². The normalized spacial score (nSPS) is 10.6. The number of nitrogens with two attached hydrogens (primary N) is 1. The number of anilines is 2. The second-order valence-corrected chi connectivity index (χ2v) is 5.09. The number of aromatic nitrogens is 1. The van der Waals surface area contributed by atoms with Crippen LogP contribution in [-0.4, -0.2) is 12.0 Å². The first-order chi connectivity index (χ1) is 9.02. The van der Waals surface area contributed by atoms with Crippen LogP contribution in [0.15, 0.2) is 30.5 Å². The number of nitrogens with zero attached hydrogens (tertiary/aromatic N) is 2. The van der Waals surface area contributed by atoms with Crippen LogP contribution in [0.3, 0.4) is 0 Å². The minimum atomic E-state index is 0.412. The van der Waals surface area contributed by atoms with E-state index < -0.39 is 0 Å². The zero-order chi connectivity index (χ0) is 14.0. The van der Waals surface area contributed by atoms with Gasteiger partial charge in [-0.2, -0.15) is 0 Å². The topological polar surface area (TPSA) is 42.1 Å². The number of hydrogen-bond donors (Lipinski definition) is 1. The van der Waals surface area contributed by atoms with Gasteiger partial charge in [-0.15, -0.1) is 0 Å². The lowest BCUT2D eigenvalue weighted by atomic mass is 10.1. The summed E-state index contributed by atoms with van der Waals surface area (Å²) in [5.41, 5.74) is 10.2. The van der Waals surface area contributed by atoms with Gasteiger partial charge in [-0.1, -0.05) is 29.3 Å². The van der Waals surface area contributed by atoms with Crippen LogP contribution in [0, 0.1) is 13.8 Å². The molecule has 0 radical (unpaired) electrons. The minimum absolute atomic E-state index is 0.412. The van der Waals surface area contributed by atoms with Crippen molar-refractivity contribution in [3.05, 3.63) is 52.2 Å². The molecule has 0 unspecified atom stereocenters. The average molecular weight is 276 g/mol. The summed E-state index contributed by atoms with van der Waals surface area (Å²) in [5.74, 6) is 0.844. The molecule has 2 N–H and O–H groups in total. The largest absolute Gasteiger partial charge is 0.329 e. The van der Waals surface area contributed by atoms with Crippen molar-refractivity contribution in [2.75, 3.05) is 11.9 Å². The summed E-state index contributed by atoms with van der Waals surface area (Å²) in [6, 6.07) is 8.29. The summed E-state index contributed by atoms with van der Waals surface area (Å²) in [7, 11) is 1.99.